The van der Waals surface area contributed by atoms with Crippen LogP contribution in [-0.2, 0) is 9.59 Å². The lowest BCUT2D eigenvalue weighted by Crippen LogP contribution is -2.42. The fourth-order valence-corrected chi connectivity index (χ4v) is 1.87. The Balaban J connectivity index is 2.76. The minimum absolute atomic E-state index is 0.00753. The Bertz CT molecular complexity index is 487. The molecular weight excluding hydrogens is 284 g/mol. The van der Waals surface area contributed by atoms with Gasteiger partial charge < -0.3 is 20.4 Å². The lowest BCUT2D eigenvalue weighted by Gasteiger charge is -2.20. The molecule has 7 heteroatoms. The molecule has 0 bridgehead atoms. The number of rotatable bonds is 5. The quantitative estimate of drug-likeness (QED) is 0.687. The summed E-state index contributed by atoms with van der Waals surface area (Å²) in [7, 11) is 0. The summed E-state index contributed by atoms with van der Waals surface area (Å²) in [5.74, 6) is -1.63. The fourth-order valence-electron chi connectivity index (χ4n) is 1.64. The second kappa shape index (κ2) is 7.84. The number of nitrogens with one attached hydrogen (secondary N) is 1. The maximum absolute atomic E-state index is 11.9. The van der Waals surface area contributed by atoms with Crippen LogP contribution in [-0.4, -0.2) is 53.2 Å². The SMILES string of the molecule is Cc1cc(Cl)ccc1NC(=O)C(=O)N(CCO)CCO. The van der Waals surface area contributed by atoms with Crippen LogP contribution in [0.1, 0.15) is 5.56 Å². The minimum atomic E-state index is -0.822. The maximum atomic E-state index is 11.9. The molecule has 3 N–H and O–H groups in total. The normalized spacial score (nSPS) is 10.2. The van der Waals surface area contributed by atoms with Crippen LogP contribution in [0.4, 0.5) is 5.69 Å². The molecule has 0 aliphatic heterocycles. The molecule has 0 radical (unpaired) electrons. The van der Waals surface area contributed by atoms with E-state index in [0.717, 1.165) is 10.5 Å². The monoisotopic (exact) mass is 300 g/mol. The van der Waals surface area contributed by atoms with E-state index in [0.29, 0.717) is 10.7 Å². The van der Waals surface area contributed by atoms with E-state index in [1.807, 2.05) is 0 Å². The minimum Gasteiger partial charge on any atom is -0.395 e. The Kier molecular flexibility index (Phi) is 6.44. The van der Waals surface area contributed by atoms with E-state index in [4.69, 9.17) is 21.8 Å². The van der Waals surface area contributed by atoms with E-state index in [2.05, 4.69) is 5.32 Å². The summed E-state index contributed by atoms with van der Waals surface area (Å²) in [5, 5.41) is 20.7. The molecule has 0 saturated heterocycles. The van der Waals surface area contributed by atoms with Gasteiger partial charge in [-0.1, -0.05) is 11.6 Å². The van der Waals surface area contributed by atoms with Crippen molar-refractivity contribution >= 4 is 29.1 Å². The topological polar surface area (TPSA) is 89.9 Å². The molecular formula is C13H17ClN2O4. The number of nitrogens with zero attached hydrogens (tertiary/aromatic N) is 1. The zero-order valence-corrected chi connectivity index (χ0v) is 11.9. The number of hydrogen-bond donors (Lipinski definition) is 3. The molecule has 0 aliphatic rings. The van der Waals surface area contributed by atoms with Crippen molar-refractivity contribution in [1.82, 2.24) is 4.90 Å². The number of aliphatic hydroxyl groups is 2. The van der Waals surface area contributed by atoms with Crippen LogP contribution in [0.2, 0.25) is 5.02 Å². The fraction of sp³-hybridized carbons (Fsp3) is 0.385. The van der Waals surface area contributed by atoms with Gasteiger partial charge in [-0.3, -0.25) is 9.59 Å². The van der Waals surface area contributed by atoms with Gasteiger partial charge in [-0.25, -0.2) is 0 Å². The van der Waals surface area contributed by atoms with Crippen molar-refractivity contribution in [1.29, 1.82) is 0 Å². The first-order valence-corrected chi connectivity index (χ1v) is 6.45. The molecule has 0 heterocycles. The highest BCUT2D eigenvalue weighted by Gasteiger charge is 2.21. The predicted molar refractivity (Wildman–Crippen MR) is 75.6 cm³/mol. The van der Waals surface area contributed by atoms with E-state index in [1.165, 1.54) is 0 Å². The lowest BCUT2D eigenvalue weighted by atomic mass is 10.2. The molecule has 2 amide bonds. The highest BCUT2D eigenvalue weighted by Crippen LogP contribution is 2.19. The number of benzene rings is 1. The van der Waals surface area contributed by atoms with Gasteiger partial charge >= 0.3 is 11.8 Å². The number of carbonyl (C=O) groups excluding carboxylic acids is 2. The van der Waals surface area contributed by atoms with Crippen molar-refractivity contribution in [3.05, 3.63) is 28.8 Å². The van der Waals surface area contributed by atoms with Crippen LogP contribution in [0.25, 0.3) is 0 Å². The molecule has 0 fully saturated rings. The molecule has 1 aromatic rings. The van der Waals surface area contributed by atoms with Crippen LogP contribution in [0.5, 0.6) is 0 Å². The molecule has 0 spiro atoms. The van der Waals surface area contributed by atoms with Gasteiger partial charge in [0.15, 0.2) is 0 Å². The third kappa shape index (κ3) is 4.48. The molecule has 1 rings (SSSR count). The Hall–Kier alpha value is -1.63. The van der Waals surface area contributed by atoms with Crippen molar-refractivity contribution in [2.24, 2.45) is 0 Å². The van der Waals surface area contributed by atoms with Gasteiger partial charge in [-0.15, -0.1) is 0 Å². The number of halogens is 1. The van der Waals surface area contributed by atoms with Gasteiger partial charge in [-0.05, 0) is 30.7 Å². The molecule has 1 aromatic carbocycles. The van der Waals surface area contributed by atoms with E-state index in [9.17, 15) is 9.59 Å². The van der Waals surface area contributed by atoms with Gasteiger partial charge in [-0.2, -0.15) is 0 Å². The summed E-state index contributed by atoms with van der Waals surface area (Å²) in [6, 6.07) is 4.87. The summed E-state index contributed by atoms with van der Waals surface area (Å²) >= 11 is 5.81. The number of aryl methyl sites for hydroxylation is 1. The highest BCUT2D eigenvalue weighted by molar-refractivity contribution is 6.39. The summed E-state index contributed by atoms with van der Waals surface area (Å²) < 4.78 is 0. The Morgan fingerprint density at radius 1 is 1.25 bits per heavy atom. The zero-order valence-electron chi connectivity index (χ0n) is 11.1. The Morgan fingerprint density at radius 3 is 2.35 bits per heavy atom. The Labute approximate surface area is 122 Å². The first-order valence-electron chi connectivity index (χ1n) is 6.07. The highest BCUT2D eigenvalue weighted by atomic mass is 35.5. The van der Waals surface area contributed by atoms with Gasteiger partial charge in [0.2, 0.25) is 0 Å². The zero-order chi connectivity index (χ0) is 15.1. The van der Waals surface area contributed by atoms with Crippen molar-refractivity contribution in [2.75, 3.05) is 31.6 Å². The van der Waals surface area contributed by atoms with E-state index in [1.54, 1.807) is 25.1 Å². The molecule has 0 saturated carbocycles. The maximum Gasteiger partial charge on any atom is 0.313 e. The largest absolute Gasteiger partial charge is 0.395 e. The molecule has 110 valence electrons. The van der Waals surface area contributed by atoms with Gasteiger partial charge in [0.25, 0.3) is 0 Å². The molecule has 0 aromatic heterocycles. The smallest absolute Gasteiger partial charge is 0.313 e. The standard InChI is InChI=1S/C13H17ClN2O4/c1-9-8-10(14)2-3-11(9)15-12(19)13(20)16(4-6-17)5-7-18/h2-3,8,17-18H,4-7H2,1H3,(H,15,19). The number of aliphatic hydroxyl groups excluding tert-OH is 2. The van der Waals surface area contributed by atoms with Gasteiger partial charge in [0.05, 0.1) is 13.2 Å². The third-order valence-corrected chi connectivity index (χ3v) is 2.89. The second-order valence-corrected chi connectivity index (χ2v) is 4.59. The van der Waals surface area contributed by atoms with Crippen molar-refractivity contribution in [2.45, 2.75) is 6.92 Å². The molecule has 0 atom stereocenters. The number of amides is 2. The van der Waals surface area contributed by atoms with Crippen LogP contribution in [0.3, 0.4) is 0 Å². The van der Waals surface area contributed by atoms with E-state index < -0.39 is 11.8 Å². The van der Waals surface area contributed by atoms with E-state index >= 15 is 0 Å². The summed E-state index contributed by atoms with van der Waals surface area (Å²) in [6.45, 7) is 1.18. The van der Waals surface area contributed by atoms with Gasteiger partial charge in [0.1, 0.15) is 0 Å². The predicted octanol–water partition coefficient (Wildman–Crippen LogP) is 0.400. The van der Waals surface area contributed by atoms with Crippen LogP contribution in [0, 0.1) is 6.92 Å². The summed E-state index contributed by atoms with van der Waals surface area (Å²) in [6.07, 6.45) is 0. The van der Waals surface area contributed by atoms with Crippen LogP contribution < -0.4 is 5.32 Å². The van der Waals surface area contributed by atoms with E-state index in [-0.39, 0.29) is 26.3 Å². The van der Waals surface area contributed by atoms with Gasteiger partial charge in [0, 0.05) is 23.8 Å². The molecule has 0 unspecified atom stereocenters. The lowest BCUT2D eigenvalue weighted by molar-refractivity contribution is -0.143. The van der Waals surface area contributed by atoms with Crippen molar-refractivity contribution in [3.63, 3.8) is 0 Å². The summed E-state index contributed by atoms with van der Waals surface area (Å²) in [5.41, 5.74) is 1.22. The number of anilines is 1. The average molecular weight is 301 g/mol. The second-order valence-electron chi connectivity index (χ2n) is 4.15. The Morgan fingerprint density at radius 2 is 1.85 bits per heavy atom. The molecule has 20 heavy (non-hydrogen) atoms. The molecule has 0 aliphatic carbocycles. The van der Waals surface area contributed by atoms with Crippen molar-refractivity contribution in [3.8, 4) is 0 Å². The first kappa shape index (κ1) is 16.4. The summed E-state index contributed by atoms with van der Waals surface area (Å²) in [4.78, 5) is 24.8. The van der Waals surface area contributed by atoms with Crippen LogP contribution >= 0.6 is 11.6 Å². The molecule has 6 nitrogen and oxygen atoms in total. The third-order valence-electron chi connectivity index (χ3n) is 2.66. The number of carbonyl (C=O) groups is 2. The van der Waals surface area contributed by atoms with Crippen molar-refractivity contribution < 1.29 is 19.8 Å². The van der Waals surface area contributed by atoms with Crippen LogP contribution in [0.15, 0.2) is 18.2 Å². The average Bonchev–Trinajstić information content (AvgIpc) is 2.40. The number of hydrogen-bond acceptors (Lipinski definition) is 4. The first-order chi connectivity index (χ1) is 9.49.